The number of aryl methyl sites for hydroxylation is 1. The second-order valence-electron chi connectivity index (χ2n) is 9.16. The minimum atomic E-state index is 0.301. The van der Waals surface area contributed by atoms with E-state index in [1.807, 2.05) is 56.0 Å². The summed E-state index contributed by atoms with van der Waals surface area (Å²) < 4.78 is 5.33. The molecule has 0 atom stereocenters. The quantitative estimate of drug-likeness (QED) is 0.262. The first-order valence-corrected chi connectivity index (χ1v) is 12.1. The molecule has 0 unspecified atom stereocenters. The highest BCUT2D eigenvalue weighted by molar-refractivity contribution is 6.11. The SMILES string of the molecule is Cc1ccc(-c2cncc(NC(C)C)c2)nc1/C(=N\C1=CN1)c1nc2c([nH]1)C(c1ccoc1)=CC=CN2. The van der Waals surface area contributed by atoms with E-state index in [-0.39, 0.29) is 0 Å². The van der Waals surface area contributed by atoms with Crippen LogP contribution in [-0.4, -0.2) is 31.7 Å². The Hall–Kier alpha value is -4.92. The van der Waals surface area contributed by atoms with E-state index < -0.39 is 0 Å². The van der Waals surface area contributed by atoms with Gasteiger partial charge in [-0.25, -0.2) is 15.0 Å². The number of hydrogen-bond donors (Lipinski definition) is 4. The number of pyridine rings is 2. The molecular weight excluding hydrogens is 464 g/mol. The van der Waals surface area contributed by atoms with E-state index in [9.17, 15) is 0 Å². The number of nitrogens with zero attached hydrogens (tertiary/aromatic N) is 4. The number of allylic oxidation sites excluding steroid dienone is 2. The number of nitrogens with one attached hydrogen (secondary N) is 4. The van der Waals surface area contributed by atoms with Crippen molar-refractivity contribution in [3.8, 4) is 11.3 Å². The van der Waals surface area contributed by atoms with Gasteiger partial charge in [-0.05, 0) is 50.6 Å². The summed E-state index contributed by atoms with van der Waals surface area (Å²) in [6, 6.07) is 8.34. The molecule has 0 amide bonds. The van der Waals surface area contributed by atoms with Crippen molar-refractivity contribution in [3.05, 3.63) is 108 Å². The van der Waals surface area contributed by atoms with E-state index in [0.717, 1.165) is 50.9 Å². The van der Waals surface area contributed by atoms with E-state index >= 15 is 0 Å². The maximum absolute atomic E-state index is 5.33. The van der Waals surface area contributed by atoms with Crippen LogP contribution in [0, 0.1) is 6.92 Å². The minimum Gasteiger partial charge on any atom is -0.472 e. The van der Waals surface area contributed by atoms with Crippen LogP contribution in [0.3, 0.4) is 0 Å². The third-order valence-electron chi connectivity index (χ3n) is 5.93. The average Bonchev–Trinajstić information content (AvgIpc) is 3.43. The van der Waals surface area contributed by atoms with Gasteiger partial charge in [-0.1, -0.05) is 12.1 Å². The van der Waals surface area contributed by atoms with Gasteiger partial charge in [0.1, 0.15) is 11.5 Å². The van der Waals surface area contributed by atoms with Gasteiger partial charge in [0.15, 0.2) is 11.6 Å². The number of furan rings is 1. The summed E-state index contributed by atoms with van der Waals surface area (Å²) in [4.78, 5) is 22.7. The Bertz CT molecular complexity index is 1590. The van der Waals surface area contributed by atoms with Crippen LogP contribution >= 0.6 is 0 Å². The standard InChI is InChI=1S/C28H26N8O/c1-16(2)32-20-11-19(12-29-13-20)22-7-6-17(3)24(33-22)26(34-23-14-31-23)28-35-25-21(18-8-10-37-15-18)5-4-9-30-27(25)36-28/h4-16,30-32H,1-3H3,(H,35,36)/b34-26+. The van der Waals surface area contributed by atoms with Crippen LogP contribution in [0.1, 0.15) is 42.2 Å². The molecule has 9 heteroatoms. The Balaban J connectivity index is 1.44. The van der Waals surface area contributed by atoms with Crippen LogP contribution < -0.4 is 16.0 Å². The van der Waals surface area contributed by atoms with Crippen molar-refractivity contribution in [2.24, 2.45) is 4.99 Å². The molecule has 2 aliphatic rings. The second-order valence-corrected chi connectivity index (χ2v) is 9.16. The lowest BCUT2D eigenvalue weighted by molar-refractivity contribution is 0.566. The Morgan fingerprint density at radius 1 is 1.08 bits per heavy atom. The molecule has 9 nitrogen and oxygen atoms in total. The van der Waals surface area contributed by atoms with Gasteiger partial charge in [0.25, 0.3) is 0 Å². The molecule has 4 aromatic rings. The summed E-state index contributed by atoms with van der Waals surface area (Å²) in [7, 11) is 0. The predicted molar refractivity (Wildman–Crippen MR) is 145 cm³/mol. The normalized spacial score (nSPS) is 14.3. The van der Waals surface area contributed by atoms with Crippen LogP contribution in [0.15, 0.2) is 89.0 Å². The van der Waals surface area contributed by atoms with E-state index in [2.05, 4.69) is 51.9 Å². The molecule has 0 bridgehead atoms. The molecule has 2 aliphatic heterocycles. The zero-order chi connectivity index (χ0) is 25.4. The van der Waals surface area contributed by atoms with Crippen LogP contribution in [0.25, 0.3) is 16.8 Å². The number of H-pyrrole nitrogens is 1. The van der Waals surface area contributed by atoms with E-state index in [0.29, 0.717) is 23.4 Å². The van der Waals surface area contributed by atoms with Crippen molar-refractivity contribution < 1.29 is 4.42 Å². The Morgan fingerprint density at radius 3 is 2.76 bits per heavy atom. The van der Waals surface area contributed by atoms with Gasteiger partial charge in [0, 0.05) is 47.5 Å². The number of hydrogen-bond acceptors (Lipinski definition) is 8. The molecule has 184 valence electrons. The molecule has 0 fully saturated rings. The van der Waals surface area contributed by atoms with Crippen molar-refractivity contribution in [2.45, 2.75) is 26.8 Å². The Labute approximate surface area is 214 Å². The Morgan fingerprint density at radius 2 is 1.97 bits per heavy atom. The summed E-state index contributed by atoms with van der Waals surface area (Å²) in [6.45, 7) is 6.22. The summed E-state index contributed by atoms with van der Waals surface area (Å²) >= 11 is 0. The lowest BCUT2D eigenvalue weighted by atomic mass is 10.1. The molecule has 0 radical (unpaired) electrons. The third-order valence-corrected chi connectivity index (χ3v) is 5.93. The number of aromatic nitrogens is 4. The number of rotatable bonds is 7. The largest absolute Gasteiger partial charge is 0.472 e. The molecule has 0 aliphatic carbocycles. The van der Waals surface area contributed by atoms with Crippen molar-refractivity contribution in [1.82, 2.24) is 25.3 Å². The lowest BCUT2D eigenvalue weighted by Crippen LogP contribution is -2.12. The van der Waals surface area contributed by atoms with E-state index in [1.165, 1.54) is 0 Å². The summed E-state index contributed by atoms with van der Waals surface area (Å²) in [5.41, 5.74) is 7.80. The smallest absolute Gasteiger partial charge is 0.161 e. The maximum atomic E-state index is 5.33. The fraction of sp³-hybridized carbons (Fsp3) is 0.143. The fourth-order valence-corrected chi connectivity index (χ4v) is 4.15. The molecule has 6 rings (SSSR count). The summed E-state index contributed by atoms with van der Waals surface area (Å²) in [6.07, 6.45) is 14.7. The molecule has 37 heavy (non-hydrogen) atoms. The van der Waals surface area contributed by atoms with Crippen LogP contribution in [0.4, 0.5) is 11.5 Å². The Kier molecular flexibility index (Phi) is 5.65. The third kappa shape index (κ3) is 4.66. The van der Waals surface area contributed by atoms with Crippen molar-refractivity contribution in [3.63, 3.8) is 0 Å². The van der Waals surface area contributed by atoms with E-state index in [1.54, 1.807) is 12.5 Å². The van der Waals surface area contributed by atoms with Gasteiger partial charge in [0.05, 0.1) is 35.3 Å². The van der Waals surface area contributed by atoms with Crippen molar-refractivity contribution >= 4 is 22.8 Å². The molecular formula is C28H26N8O. The molecule has 4 aromatic heterocycles. The number of aliphatic imine (C=N–C) groups is 1. The predicted octanol–water partition coefficient (Wildman–Crippen LogP) is 5.20. The molecule has 4 N–H and O–H groups in total. The molecule has 0 saturated carbocycles. The van der Waals surface area contributed by atoms with Crippen LogP contribution in [0.2, 0.25) is 0 Å². The monoisotopic (exact) mass is 490 g/mol. The lowest BCUT2D eigenvalue weighted by Gasteiger charge is -2.12. The number of aromatic amines is 1. The van der Waals surface area contributed by atoms with Crippen molar-refractivity contribution in [2.75, 3.05) is 10.6 Å². The van der Waals surface area contributed by atoms with Crippen LogP contribution in [0.5, 0.6) is 0 Å². The zero-order valence-electron chi connectivity index (χ0n) is 20.7. The summed E-state index contributed by atoms with van der Waals surface area (Å²) in [5, 5.41) is 9.73. The molecule has 0 spiro atoms. The first kappa shape index (κ1) is 22.5. The molecule has 0 saturated heterocycles. The summed E-state index contributed by atoms with van der Waals surface area (Å²) in [5.74, 6) is 2.08. The second kappa shape index (κ2) is 9.27. The maximum Gasteiger partial charge on any atom is 0.161 e. The number of anilines is 2. The molecule has 6 heterocycles. The first-order chi connectivity index (χ1) is 18.0. The highest BCUT2D eigenvalue weighted by Gasteiger charge is 2.24. The highest BCUT2D eigenvalue weighted by atomic mass is 16.3. The zero-order valence-corrected chi connectivity index (χ0v) is 20.7. The van der Waals surface area contributed by atoms with Gasteiger partial charge in [-0.2, -0.15) is 0 Å². The fourth-order valence-electron chi connectivity index (χ4n) is 4.15. The van der Waals surface area contributed by atoms with Gasteiger partial charge < -0.3 is 25.4 Å². The van der Waals surface area contributed by atoms with E-state index in [4.69, 9.17) is 19.4 Å². The van der Waals surface area contributed by atoms with Gasteiger partial charge in [0.2, 0.25) is 0 Å². The topological polar surface area (TPSA) is 126 Å². The van der Waals surface area contributed by atoms with Crippen molar-refractivity contribution in [1.29, 1.82) is 0 Å². The highest BCUT2D eigenvalue weighted by Crippen LogP contribution is 2.31. The molecule has 0 aromatic carbocycles. The average molecular weight is 491 g/mol. The van der Waals surface area contributed by atoms with Gasteiger partial charge in [-0.3, -0.25) is 4.98 Å². The van der Waals surface area contributed by atoms with Gasteiger partial charge in [-0.15, -0.1) is 0 Å². The first-order valence-electron chi connectivity index (χ1n) is 12.1. The van der Waals surface area contributed by atoms with Crippen LogP contribution in [-0.2, 0) is 0 Å². The number of fused-ring (bicyclic) bond motifs is 1. The minimum absolute atomic E-state index is 0.301. The van der Waals surface area contributed by atoms with Gasteiger partial charge >= 0.3 is 0 Å². The number of imidazole rings is 1.